The van der Waals surface area contributed by atoms with Crippen molar-refractivity contribution in [3.05, 3.63) is 0 Å². The molecule has 0 amide bonds. The number of hydrogen-bond donors (Lipinski definition) is 1. The maximum absolute atomic E-state index is 5.35. The monoisotopic (exact) mass is 175 g/mol. The highest BCUT2D eigenvalue weighted by atomic mass is 16.5. The molecule has 0 saturated carbocycles. The smallest absolute Gasteiger partial charge is 0.0667 e. The van der Waals surface area contributed by atoms with Gasteiger partial charge in [0.2, 0.25) is 0 Å². The molecular weight excluding hydrogens is 154 g/mol. The van der Waals surface area contributed by atoms with Gasteiger partial charge in [-0.1, -0.05) is 0 Å². The molecule has 74 valence electrons. The minimum atomic E-state index is 0.282. The van der Waals surface area contributed by atoms with Crippen LogP contribution in [0.3, 0.4) is 0 Å². The summed E-state index contributed by atoms with van der Waals surface area (Å²) in [6.45, 7) is 8.67. The Balaban J connectivity index is 3.00. The van der Waals surface area contributed by atoms with Gasteiger partial charge in [0.05, 0.1) is 18.8 Å². The molecule has 0 saturated heterocycles. The molecule has 0 aromatic heterocycles. The topological polar surface area (TPSA) is 30.5 Å². The molecule has 3 nitrogen and oxygen atoms in total. The van der Waals surface area contributed by atoms with Gasteiger partial charge in [0, 0.05) is 20.2 Å². The highest BCUT2D eigenvalue weighted by Crippen LogP contribution is 1.86. The molecule has 0 bridgehead atoms. The fourth-order valence-corrected chi connectivity index (χ4v) is 0.755. The van der Waals surface area contributed by atoms with Crippen molar-refractivity contribution in [1.29, 1.82) is 0 Å². The number of ether oxygens (including phenoxy) is 2. The first kappa shape index (κ1) is 11.9. The lowest BCUT2D eigenvalue weighted by Gasteiger charge is -2.11. The minimum Gasteiger partial charge on any atom is -0.380 e. The van der Waals surface area contributed by atoms with Crippen molar-refractivity contribution in [2.45, 2.75) is 33.0 Å². The Morgan fingerprint density at radius 1 is 1.25 bits per heavy atom. The van der Waals surface area contributed by atoms with Crippen LogP contribution >= 0.6 is 0 Å². The lowest BCUT2D eigenvalue weighted by Crippen LogP contribution is -2.29. The van der Waals surface area contributed by atoms with E-state index in [1.54, 1.807) is 7.11 Å². The zero-order valence-corrected chi connectivity index (χ0v) is 8.59. The molecule has 0 unspecified atom stereocenters. The summed E-state index contributed by atoms with van der Waals surface area (Å²) in [7, 11) is 1.72. The van der Waals surface area contributed by atoms with Crippen molar-refractivity contribution in [1.82, 2.24) is 5.32 Å². The lowest BCUT2D eigenvalue weighted by atomic mass is 10.4. The fourth-order valence-electron chi connectivity index (χ4n) is 0.755. The molecule has 0 aromatic carbocycles. The van der Waals surface area contributed by atoms with E-state index < -0.39 is 0 Å². The third kappa shape index (κ3) is 7.98. The summed E-state index contributed by atoms with van der Waals surface area (Å²) < 4.78 is 10.4. The predicted octanol–water partition coefficient (Wildman–Crippen LogP) is 1.04. The summed E-state index contributed by atoms with van der Waals surface area (Å²) in [5.41, 5.74) is 0. The van der Waals surface area contributed by atoms with E-state index in [0.29, 0.717) is 6.10 Å². The van der Waals surface area contributed by atoms with E-state index in [1.807, 2.05) is 20.8 Å². The fraction of sp³-hybridized carbons (Fsp3) is 1.00. The Bertz CT molecular complexity index is 96.5. The summed E-state index contributed by atoms with van der Waals surface area (Å²) in [5.74, 6) is 0. The van der Waals surface area contributed by atoms with E-state index in [2.05, 4.69) is 5.32 Å². The van der Waals surface area contributed by atoms with E-state index in [1.165, 1.54) is 0 Å². The number of rotatable bonds is 7. The molecular formula is C9H21NO2. The largest absolute Gasteiger partial charge is 0.380 e. The van der Waals surface area contributed by atoms with Crippen LogP contribution in [0.25, 0.3) is 0 Å². The first-order chi connectivity index (χ1) is 5.66. The number of methoxy groups -OCH3 is 1. The van der Waals surface area contributed by atoms with Gasteiger partial charge in [0.15, 0.2) is 0 Å². The van der Waals surface area contributed by atoms with Gasteiger partial charge in [-0.15, -0.1) is 0 Å². The van der Waals surface area contributed by atoms with Crippen LogP contribution in [0.1, 0.15) is 20.8 Å². The zero-order chi connectivity index (χ0) is 9.40. The van der Waals surface area contributed by atoms with Crippen molar-refractivity contribution in [2.24, 2.45) is 0 Å². The summed E-state index contributed by atoms with van der Waals surface area (Å²) in [4.78, 5) is 0. The van der Waals surface area contributed by atoms with Crippen molar-refractivity contribution in [3.8, 4) is 0 Å². The van der Waals surface area contributed by atoms with Crippen LogP contribution < -0.4 is 5.32 Å². The van der Waals surface area contributed by atoms with Gasteiger partial charge in [-0.3, -0.25) is 0 Å². The van der Waals surface area contributed by atoms with Gasteiger partial charge < -0.3 is 14.8 Å². The van der Waals surface area contributed by atoms with Gasteiger partial charge in [0.1, 0.15) is 0 Å². The van der Waals surface area contributed by atoms with Crippen LogP contribution in [0.4, 0.5) is 0 Å². The molecule has 12 heavy (non-hydrogen) atoms. The third-order valence-electron chi connectivity index (χ3n) is 1.56. The average Bonchev–Trinajstić information content (AvgIpc) is 2.03. The molecule has 0 aliphatic carbocycles. The molecule has 0 spiro atoms. The second-order valence-electron chi connectivity index (χ2n) is 3.17. The minimum absolute atomic E-state index is 0.282. The molecule has 0 aliphatic rings. The van der Waals surface area contributed by atoms with Crippen LogP contribution in [0.5, 0.6) is 0 Å². The SMILES string of the molecule is CO[C@@H](C)CNCCOC(C)C. The molecule has 1 atom stereocenters. The first-order valence-corrected chi connectivity index (χ1v) is 4.52. The first-order valence-electron chi connectivity index (χ1n) is 4.52. The van der Waals surface area contributed by atoms with Crippen molar-refractivity contribution >= 4 is 0 Å². The second kappa shape index (κ2) is 7.53. The van der Waals surface area contributed by atoms with Gasteiger partial charge in [-0.25, -0.2) is 0 Å². The Morgan fingerprint density at radius 3 is 2.42 bits per heavy atom. The Kier molecular flexibility index (Phi) is 7.45. The van der Waals surface area contributed by atoms with Crippen LogP contribution in [-0.2, 0) is 9.47 Å². The summed E-state index contributed by atoms with van der Waals surface area (Å²) in [5, 5.41) is 3.24. The van der Waals surface area contributed by atoms with E-state index in [-0.39, 0.29) is 6.10 Å². The van der Waals surface area contributed by atoms with Crippen molar-refractivity contribution < 1.29 is 9.47 Å². The van der Waals surface area contributed by atoms with Crippen LogP contribution in [-0.4, -0.2) is 39.0 Å². The average molecular weight is 175 g/mol. The summed E-state index contributed by atoms with van der Waals surface area (Å²) in [6.07, 6.45) is 0.607. The Hall–Kier alpha value is -0.120. The molecule has 0 aromatic rings. The third-order valence-corrected chi connectivity index (χ3v) is 1.56. The van der Waals surface area contributed by atoms with E-state index in [4.69, 9.17) is 9.47 Å². The van der Waals surface area contributed by atoms with Crippen LogP contribution in [0.2, 0.25) is 0 Å². The molecule has 0 fully saturated rings. The molecule has 3 heteroatoms. The molecule has 0 radical (unpaired) electrons. The van der Waals surface area contributed by atoms with E-state index in [0.717, 1.165) is 19.7 Å². The van der Waals surface area contributed by atoms with Gasteiger partial charge >= 0.3 is 0 Å². The zero-order valence-electron chi connectivity index (χ0n) is 8.59. The van der Waals surface area contributed by atoms with E-state index >= 15 is 0 Å². The Morgan fingerprint density at radius 2 is 1.92 bits per heavy atom. The normalized spacial score (nSPS) is 13.8. The van der Waals surface area contributed by atoms with Crippen LogP contribution in [0.15, 0.2) is 0 Å². The standard InChI is InChI=1S/C9H21NO2/c1-8(2)12-6-5-10-7-9(3)11-4/h8-10H,5-7H2,1-4H3/t9-/m0/s1. The Labute approximate surface area is 75.4 Å². The summed E-state index contributed by atoms with van der Waals surface area (Å²) >= 11 is 0. The highest BCUT2D eigenvalue weighted by Gasteiger charge is 1.97. The molecule has 0 rings (SSSR count). The lowest BCUT2D eigenvalue weighted by molar-refractivity contribution is 0.0752. The second-order valence-corrected chi connectivity index (χ2v) is 3.17. The van der Waals surface area contributed by atoms with Crippen molar-refractivity contribution in [3.63, 3.8) is 0 Å². The maximum atomic E-state index is 5.35. The molecule has 0 heterocycles. The highest BCUT2D eigenvalue weighted by molar-refractivity contribution is 4.53. The van der Waals surface area contributed by atoms with Gasteiger partial charge in [-0.2, -0.15) is 0 Å². The maximum Gasteiger partial charge on any atom is 0.0667 e. The predicted molar refractivity (Wildman–Crippen MR) is 50.4 cm³/mol. The number of hydrogen-bond acceptors (Lipinski definition) is 3. The molecule has 1 N–H and O–H groups in total. The van der Waals surface area contributed by atoms with Gasteiger partial charge in [-0.05, 0) is 20.8 Å². The van der Waals surface area contributed by atoms with Crippen LogP contribution in [0, 0.1) is 0 Å². The quantitative estimate of drug-likeness (QED) is 0.586. The molecule has 0 aliphatic heterocycles. The van der Waals surface area contributed by atoms with E-state index in [9.17, 15) is 0 Å². The number of nitrogens with one attached hydrogen (secondary N) is 1. The van der Waals surface area contributed by atoms with Crippen molar-refractivity contribution in [2.75, 3.05) is 26.8 Å². The summed E-state index contributed by atoms with van der Waals surface area (Å²) in [6, 6.07) is 0. The van der Waals surface area contributed by atoms with Gasteiger partial charge in [0.25, 0.3) is 0 Å².